The summed E-state index contributed by atoms with van der Waals surface area (Å²) >= 11 is 17.9. The van der Waals surface area contributed by atoms with E-state index in [1.807, 2.05) is 0 Å². The van der Waals surface area contributed by atoms with Crippen molar-refractivity contribution in [1.29, 1.82) is 0 Å². The van der Waals surface area contributed by atoms with Crippen LogP contribution in [0.15, 0.2) is 30.5 Å². The van der Waals surface area contributed by atoms with Crippen molar-refractivity contribution >= 4 is 40.6 Å². The number of halogens is 3. The van der Waals surface area contributed by atoms with Crippen LogP contribution in [0, 0.1) is 0 Å². The van der Waals surface area contributed by atoms with Gasteiger partial charge in [0.15, 0.2) is 0 Å². The minimum absolute atomic E-state index is 0.0734. The molecule has 2 aromatic rings. The van der Waals surface area contributed by atoms with E-state index in [1.165, 1.54) is 20.2 Å². The van der Waals surface area contributed by atoms with Crippen LogP contribution in [0.2, 0.25) is 15.1 Å². The van der Waals surface area contributed by atoms with E-state index in [-0.39, 0.29) is 5.78 Å². The number of ketones is 1. The molecule has 0 radical (unpaired) electrons. The second kappa shape index (κ2) is 6.65. The monoisotopic (exact) mass is 343 g/mol. The third-order valence-corrected chi connectivity index (χ3v) is 3.98. The molecule has 21 heavy (non-hydrogen) atoms. The lowest BCUT2D eigenvalue weighted by molar-refractivity contribution is -0.117. The van der Waals surface area contributed by atoms with Crippen molar-refractivity contribution in [2.24, 2.45) is 0 Å². The Labute approximate surface area is 137 Å². The van der Waals surface area contributed by atoms with E-state index in [9.17, 15) is 4.79 Å². The highest BCUT2D eigenvalue weighted by atomic mass is 35.5. The minimum Gasteiger partial charge on any atom is -0.481 e. The Bertz CT molecular complexity index is 689. The number of hydrogen-bond acceptors (Lipinski definition) is 3. The van der Waals surface area contributed by atoms with Gasteiger partial charge in [0.2, 0.25) is 5.88 Å². The van der Waals surface area contributed by atoms with Gasteiger partial charge in [-0.05, 0) is 30.7 Å². The molecule has 0 bridgehead atoms. The van der Waals surface area contributed by atoms with E-state index >= 15 is 0 Å². The summed E-state index contributed by atoms with van der Waals surface area (Å²) in [5, 5.41) is 1.24. The first-order valence-electron chi connectivity index (χ1n) is 6.09. The lowest BCUT2D eigenvalue weighted by Gasteiger charge is -2.18. The van der Waals surface area contributed by atoms with Gasteiger partial charge < -0.3 is 4.74 Å². The topological polar surface area (TPSA) is 39.2 Å². The smallest absolute Gasteiger partial charge is 0.217 e. The summed E-state index contributed by atoms with van der Waals surface area (Å²) in [4.78, 5) is 16.2. The van der Waals surface area contributed by atoms with Crippen molar-refractivity contribution < 1.29 is 9.53 Å². The van der Waals surface area contributed by atoms with Crippen molar-refractivity contribution in [3.63, 3.8) is 0 Å². The molecule has 6 heteroatoms. The zero-order valence-corrected chi connectivity index (χ0v) is 13.6. The molecule has 0 spiro atoms. The summed E-state index contributed by atoms with van der Waals surface area (Å²) in [6.07, 6.45) is 1.47. The normalized spacial score (nSPS) is 12.0. The van der Waals surface area contributed by atoms with E-state index in [4.69, 9.17) is 39.5 Å². The molecule has 0 aliphatic heterocycles. The van der Waals surface area contributed by atoms with E-state index in [2.05, 4.69) is 4.98 Å². The molecule has 0 N–H and O–H groups in total. The van der Waals surface area contributed by atoms with Crippen LogP contribution in [0.4, 0.5) is 0 Å². The highest BCUT2D eigenvalue weighted by Crippen LogP contribution is 2.35. The molecule has 1 unspecified atom stereocenters. The average molecular weight is 345 g/mol. The molecular weight excluding hydrogens is 333 g/mol. The van der Waals surface area contributed by atoms with Crippen molar-refractivity contribution in [3.8, 4) is 5.88 Å². The first-order valence-corrected chi connectivity index (χ1v) is 7.22. The Hall–Kier alpha value is -1.29. The molecule has 0 amide bonds. The van der Waals surface area contributed by atoms with E-state index in [0.29, 0.717) is 32.1 Å². The number of ether oxygens (including phenoxy) is 1. The molecule has 1 atom stereocenters. The van der Waals surface area contributed by atoms with Gasteiger partial charge in [-0.25, -0.2) is 4.98 Å². The van der Waals surface area contributed by atoms with Gasteiger partial charge in [0.05, 0.1) is 28.1 Å². The highest BCUT2D eigenvalue weighted by Gasteiger charge is 2.24. The van der Waals surface area contributed by atoms with Crippen LogP contribution in [0.25, 0.3) is 0 Å². The first kappa shape index (κ1) is 16.1. The minimum atomic E-state index is -0.569. The van der Waals surface area contributed by atoms with E-state index < -0.39 is 5.92 Å². The molecule has 0 aliphatic carbocycles. The van der Waals surface area contributed by atoms with Crippen LogP contribution in [-0.2, 0) is 4.79 Å². The molecule has 1 aromatic carbocycles. The van der Waals surface area contributed by atoms with Crippen molar-refractivity contribution in [2.75, 3.05) is 7.11 Å². The first-order chi connectivity index (χ1) is 9.93. The number of aromatic nitrogens is 1. The predicted molar refractivity (Wildman–Crippen MR) is 84.8 cm³/mol. The molecule has 2 rings (SSSR count). The summed E-state index contributed by atoms with van der Waals surface area (Å²) in [6, 6.07) is 6.73. The van der Waals surface area contributed by atoms with Gasteiger partial charge in [0, 0.05) is 11.8 Å². The van der Waals surface area contributed by atoms with Crippen LogP contribution < -0.4 is 4.74 Å². The largest absolute Gasteiger partial charge is 0.481 e. The van der Waals surface area contributed by atoms with Crippen molar-refractivity contribution in [3.05, 3.63) is 56.7 Å². The lowest BCUT2D eigenvalue weighted by atomic mass is 9.89. The third-order valence-electron chi connectivity index (χ3n) is 3.03. The summed E-state index contributed by atoms with van der Waals surface area (Å²) in [5.74, 6) is -0.289. The van der Waals surface area contributed by atoms with Crippen LogP contribution in [0.1, 0.15) is 24.0 Å². The van der Waals surface area contributed by atoms with E-state index in [0.717, 1.165) is 0 Å². The van der Waals surface area contributed by atoms with Crippen LogP contribution in [0.5, 0.6) is 5.88 Å². The second-order valence-corrected chi connectivity index (χ2v) is 5.72. The van der Waals surface area contributed by atoms with Crippen LogP contribution >= 0.6 is 34.8 Å². The summed E-state index contributed by atoms with van der Waals surface area (Å²) in [7, 11) is 1.49. The maximum Gasteiger partial charge on any atom is 0.217 e. The Morgan fingerprint density at radius 1 is 1.19 bits per heavy atom. The molecular formula is C15H12Cl3NO2. The maximum absolute atomic E-state index is 12.1. The highest BCUT2D eigenvalue weighted by molar-refractivity contribution is 6.42. The van der Waals surface area contributed by atoms with Gasteiger partial charge in [0.1, 0.15) is 5.78 Å². The molecule has 0 saturated heterocycles. The van der Waals surface area contributed by atoms with Crippen molar-refractivity contribution in [2.45, 2.75) is 12.8 Å². The Morgan fingerprint density at radius 2 is 1.90 bits per heavy atom. The molecule has 3 nitrogen and oxygen atoms in total. The average Bonchev–Trinajstić information content (AvgIpc) is 2.43. The van der Waals surface area contributed by atoms with Gasteiger partial charge in [-0.2, -0.15) is 0 Å². The van der Waals surface area contributed by atoms with E-state index in [1.54, 1.807) is 24.3 Å². The molecule has 0 saturated carbocycles. The number of hydrogen-bond donors (Lipinski definition) is 0. The Balaban J connectivity index is 2.61. The van der Waals surface area contributed by atoms with Gasteiger partial charge >= 0.3 is 0 Å². The third kappa shape index (κ3) is 3.49. The molecule has 1 aromatic heterocycles. The second-order valence-electron chi connectivity index (χ2n) is 4.47. The predicted octanol–water partition coefficient (Wildman–Crippen LogP) is 4.77. The number of rotatable bonds is 4. The lowest BCUT2D eigenvalue weighted by Crippen LogP contribution is -2.12. The number of benzene rings is 1. The van der Waals surface area contributed by atoms with Crippen LogP contribution in [-0.4, -0.2) is 17.9 Å². The Morgan fingerprint density at radius 3 is 2.48 bits per heavy atom. The summed E-state index contributed by atoms with van der Waals surface area (Å²) in [5.41, 5.74) is 1.30. The van der Waals surface area contributed by atoms with Gasteiger partial charge in [-0.3, -0.25) is 4.79 Å². The molecule has 0 fully saturated rings. The number of carbonyl (C=O) groups is 1. The standard InChI is InChI=1S/C15H12Cl3NO2/c1-8(20)14(9-3-4-12(17)13(18)5-9)11-6-10(16)7-19-15(11)21-2/h3-7,14H,1-2H3. The summed E-state index contributed by atoms with van der Waals surface area (Å²) in [6.45, 7) is 1.49. The fraction of sp³-hybridized carbons (Fsp3) is 0.200. The fourth-order valence-corrected chi connectivity index (χ4v) is 2.62. The van der Waals surface area contributed by atoms with Gasteiger partial charge in [-0.15, -0.1) is 0 Å². The van der Waals surface area contributed by atoms with Crippen LogP contribution in [0.3, 0.4) is 0 Å². The number of methoxy groups -OCH3 is 1. The molecule has 1 heterocycles. The zero-order chi connectivity index (χ0) is 15.6. The number of nitrogens with zero attached hydrogens (tertiary/aromatic N) is 1. The fourth-order valence-electron chi connectivity index (χ4n) is 2.14. The van der Waals surface area contributed by atoms with Gasteiger partial charge in [-0.1, -0.05) is 40.9 Å². The number of Topliss-reactive ketones (excluding diaryl/α,β-unsaturated/α-hetero) is 1. The quantitative estimate of drug-likeness (QED) is 0.802. The van der Waals surface area contributed by atoms with Crippen molar-refractivity contribution in [1.82, 2.24) is 4.98 Å². The number of carbonyl (C=O) groups excluding carboxylic acids is 1. The maximum atomic E-state index is 12.1. The van der Waals surface area contributed by atoms with Gasteiger partial charge in [0.25, 0.3) is 0 Å². The summed E-state index contributed by atoms with van der Waals surface area (Å²) < 4.78 is 5.23. The Kier molecular flexibility index (Phi) is 5.09. The zero-order valence-electron chi connectivity index (χ0n) is 11.4. The molecule has 0 aliphatic rings. The number of pyridine rings is 1. The molecule has 110 valence electrons. The SMILES string of the molecule is COc1ncc(Cl)cc1C(C(C)=O)c1ccc(Cl)c(Cl)c1.